The zero-order valence-electron chi connectivity index (χ0n) is 23.2. The maximum Gasteiger partial charge on any atom is 0.230 e. The normalized spacial score (nSPS) is 15.9. The minimum atomic E-state index is -0.271. The van der Waals surface area contributed by atoms with Crippen LogP contribution >= 0.6 is 0 Å². The molecule has 1 aliphatic rings. The lowest BCUT2D eigenvalue weighted by Crippen LogP contribution is -2.15. The van der Waals surface area contributed by atoms with Gasteiger partial charge in [-0.3, -0.25) is 9.48 Å². The molecule has 2 heterocycles. The number of pyridine rings is 1. The molecule has 2 atom stereocenters. The summed E-state index contributed by atoms with van der Waals surface area (Å²) < 4.78 is 1.92. The van der Waals surface area contributed by atoms with Gasteiger partial charge in [-0.2, -0.15) is 10.4 Å². The molecule has 1 aliphatic carbocycles. The van der Waals surface area contributed by atoms with E-state index in [0.717, 1.165) is 50.1 Å². The maximum atomic E-state index is 12.7. The van der Waals surface area contributed by atoms with Gasteiger partial charge in [0.2, 0.25) is 5.91 Å². The number of amides is 1. The Bertz CT molecular complexity index is 1770. The van der Waals surface area contributed by atoms with Gasteiger partial charge in [0.25, 0.3) is 0 Å². The van der Waals surface area contributed by atoms with Crippen LogP contribution in [0.5, 0.6) is 0 Å². The standard InChI is InChI=1S/C34H30N6O/c1-21(2)33-29(20-37-40(33)3)24-14-25-17-31(39-34(41)27-15-26(27)18-35)36-19-28(25)30(16-24)38-32(22-10-6-4-7-11-22)23-12-8-5-9-13-23/h4-14,16-17,19-21,26-27H,15H2,1-3H3,(H,36,39,41)/t26?,27-/m1/s1. The summed E-state index contributed by atoms with van der Waals surface area (Å²) in [5, 5.41) is 18.4. The number of rotatable bonds is 7. The van der Waals surface area contributed by atoms with Crippen molar-refractivity contribution in [3.63, 3.8) is 0 Å². The van der Waals surface area contributed by atoms with E-state index in [0.29, 0.717) is 12.2 Å². The number of aromatic nitrogens is 3. The summed E-state index contributed by atoms with van der Waals surface area (Å²) in [4.78, 5) is 22.5. The number of aliphatic imine (C=N–C) groups is 1. The predicted molar refractivity (Wildman–Crippen MR) is 162 cm³/mol. The number of carbonyl (C=O) groups is 1. The number of benzene rings is 3. The summed E-state index contributed by atoms with van der Waals surface area (Å²) in [6.07, 6.45) is 4.26. The molecule has 0 radical (unpaired) electrons. The third kappa shape index (κ3) is 5.24. The average molecular weight is 539 g/mol. The molecule has 0 saturated heterocycles. The van der Waals surface area contributed by atoms with Crippen LogP contribution in [0.25, 0.3) is 21.9 Å². The van der Waals surface area contributed by atoms with Gasteiger partial charge in [0, 0.05) is 41.0 Å². The lowest BCUT2D eigenvalue weighted by Gasteiger charge is -2.14. The van der Waals surface area contributed by atoms with Crippen LogP contribution in [0.15, 0.2) is 96.2 Å². The van der Waals surface area contributed by atoms with Crippen molar-refractivity contribution >= 4 is 33.9 Å². The Morgan fingerprint density at radius 2 is 1.71 bits per heavy atom. The predicted octanol–water partition coefficient (Wildman–Crippen LogP) is 7.03. The number of nitrogens with zero attached hydrogens (tertiary/aromatic N) is 5. The molecule has 1 saturated carbocycles. The van der Waals surface area contributed by atoms with Gasteiger partial charge in [-0.25, -0.2) is 9.98 Å². The average Bonchev–Trinajstić information content (AvgIpc) is 3.69. The smallest absolute Gasteiger partial charge is 0.230 e. The topological polar surface area (TPSA) is 96.0 Å². The Morgan fingerprint density at radius 1 is 1.02 bits per heavy atom. The second-order valence-electron chi connectivity index (χ2n) is 10.8. The summed E-state index contributed by atoms with van der Waals surface area (Å²) in [6, 6.07) is 28.6. The first-order valence-electron chi connectivity index (χ1n) is 13.8. The van der Waals surface area contributed by atoms with Crippen molar-refractivity contribution in [2.24, 2.45) is 23.9 Å². The van der Waals surface area contributed by atoms with E-state index < -0.39 is 0 Å². The molecule has 3 aromatic carbocycles. The van der Waals surface area contributed by atoms with Gasteiger partial charge >= 0.3 is 0 Å². The maximum absolute atomic E-state index is 12.7. The van der Waals surface area contributed by atoms with Crippen LogP contribution in [0.1, 0.15) is 43.0 Å². The summed E-state index contributed by atoms with van der Waals surface area (Å²) in [6.45, 7) is 4.32. The van der Waals surface area contributed by atoms with Crippen molar-refractivity contribution in [1.82, 2.24) is 14.8 Å². The van der Waals surface area contributed by atoms with Crippen molar-refractivity contribution in [3.05, 3.63) is 108 Å². The molecule has 5 aromatic rings. The minimum Gasteiger partial charge on any atom is -0.310 e. The van der Waals surface area contributed by atoms with Gasteiger partial charge in [0.1, 0.15) is 5.82 Å². The fourth-order valence-corrected chi connectivity index (χ4v) is 5.36. The van der Waals surface area contributed by atoms with Crippen LogP contribution < -0.4 is 5.32 Å². The van der Waals surface area contributed by atoms with E-state index >= 15 is 0 Å². The van der Waals surface area contributed by atoms with Crippen molar-refractivity contribution < 1.29 is 4.79 Å². The second kappa shape index (κ2) is 10.8. The third-order valence-corrected chi connectivity index (χ3v) is 7.53. The molecular formula is C34H30N6O. The molecule has 7 heteroatoms. The molecule has 0 aliphatic heterocycles. The molecule has 1 unspecified atom stereocenters. The molecule has 202 valence electrons. The van der Waals surface area contributed by atoms with E-state index in [1.165, 1.54) is 0 Å². The van der Waals surface area contributed by atoms with Crippen molar-refractivity contribution in [3.8, 4) is 17.2 Å². The van der Waals surface area contributed by atoms with Gasteiger partial charge in [-0.1, -0.05) is 74.5 Å². The van der Waals surface area contributed by atoms with Crippen LogP contribution in [-0.2, 0) is 11.8 Å². The van der Waals surface area contributed by atoms with E-state index in [-0.39, 0.29) is 23.7 Å². The van der Waals surface area contributed by atoms with Crippen LogP contribution in [0.3, 0.4) is 0 Å². The number of hydrogen-bond acceptors (Lipinski definition) is 5. The van der Waals surface area contributed by atoms with Crippen LogP contribution in [0, 0.1) is 23.2 Å². The van der Waals surface area contributed by atoms with E-state index in [2.05, 4.69) is 71.7 Å². The number of hydrogen-bond donors (Lipinski definition) is 1. The summed E-state index contributed by atoms with van der Waals surface area (Å²) in [5.41, 5.74) is 6.81. The van der Waals surface area contributed by atoms with E-state index in [9.17, 15) is 4.79 Å². The number of aryl methyl sites for hydroxylation is 1. The molecule has 0 bridgehead atoms. The number of nitriles is 1. The van der Waals surface area contributed by atoms with Crippen LogP contribution in [-0.4, -0.2) is 26.4 Å². The summed E-state index contributed by atoms with van der Waals surface area (Å²) in [5.74, 6) is 0.0790. The lowest BCUT2D eigenvalue weighted by atomic mass is 9.96. The van der Waals surface area contributed by atoms with E-state index in [1.54, 1.807) is 6.20 Å². The highest BCUT2D eigenvalue weighted by atomic mass is 16.2. The summed E-state index contributed by atoms with van der Waals surface area (Å²) >= 11 is 0. The highest BCUT2D eigenvalue weighted by Crippen LogP contribution is 2.40. The molecule has 0 spiro atoms. The fraction of sp³-hybridized carbons (Fsp3) is 0.206. The van der Waals surface area contributed by atoms with Gasteiger partial charge in [0.05, 0.1) is 35.5 Å². The highest BCUT2D eigenvalue weighted by Gasteiger charge is 2.43. The van der Waals surface area contributed by atoms with E-state index in [4.69, 9.17) is 10.3 Å². The SMILES string of the molecule is CC(C)c1c(-c2cc(N=C(c3ccccc3)c3ccccc3)c3cnc(NC(=O)[C@@H]4CC4C#N)cc3c2)cnn1C. The molecule has 1 fully saturated rings. The molecule has 6 rings (SSSR count). The molecule has 41 heavy (non-hydrogen) atoms. The van der Waals surface area contributed by atoms with Gasteiger partial charge in [-0.15, -0.1) is 0 Å². The Morgan fingerprint density at radius 3 is 2.32 bits per heavy atom. The number of nitrogens with one attached hydrogen (secondary N) is 1. The van der Waals surface area contributed by atoms with Crippen LogP contribution in [0.2, 0.25) is 0 Å². The largest absolute Gasteiger partial charge is 0.310 e. The quantitative estimate of drug-likeness (QED) is 0.225. The van der Waals surface area contributed by atoms with Gasteiger partial charge in [-0.05, 0) is 41.5 Å². The number of fused-ring (bicyclic) bond motifs is 1. The third-order valence-electron chi connectivity index (χ3n) is 7.53. The van der Waals surface area contributed by atoms with Crippen LogP contribution in [0.4, 0.5) is 11.5 Å². The molecular weight excluding hydrogens is 508 g/mol. The zero-order valence-corrected chi connectivity index (χ0v) is 23.2. The van der Waals surface area contributed by atoms with Crippen molar-refractivity contribution in [1.29, 1.82) is 5.26 Å². The Kier molecular flexibility index (Phi) is 6.90. The van der Waals surface area contributed by atoms with Gasteiger partial charge in [0.15, 0.2) is 0 Å². The highest BCUT2D eigenvalue weighted by molar-refractivity contribution is 6.15. The first-order valence-corrected chi connectivity index (χ1v) is 13.8. The van der Waals surface area contributed by atoms with Crippen molar-refractivity contribution in [2.75, 3.05) is 5.32 Å². The summed E-state index contributed by atoms with van der Waals surface area (Å²) in [7, 11) is 1.96. The second-order valence-corrected chi connectivity index (χ2v) is 10.8. The Balaban J connectivity index is 1.54. The zero-order chi connectivity index (χ0) is 28.5. The molecule has 2 aromatic heterocycles. The fourth-order valence-electron chi connectivity index (χ4n) is 5.36. The van der Waals surface area contributed by atoms with Gasteiger partial charge < -0.3 is 5.32 Å². The Labute approximate surface area is 239 Å². The first-order chi connectivity index (χ1) is 19.9. The minimum absolute atomic E-state index is 0.164. The van der Waals surface area contributed by atoms with E-state index in [1.807, 2.05) is 60.4 Å². The number of carbonyl (C=O) groups excluding carboxylic acids is 1. The molecule has 1 amide bonds. The van der Waals surface area contributed by atoms with Crippen molar-refractivity contribution in [2.45, 2.75) is 26.2 Å². The monoisotopic (exact) mass is 538 g/mol. The first kappa shape index (κ1) is 26.1. The molecule has 1 N–H and O–H groups in total. The molecule has 7 nitrogen and oxygen atoms in total. The Hall–Kier alpha value is -5.09. The lowest BCUT2D eigenvalue weighted by molar-refractivity contribution is -0.117. The number of anilines is 1.